The lowest BCUT2D eigenvalue weighted by Crippen LogP contribution is -2.19. The quantitative estimate of drug-likeness (QED) is 0.753. The van der Waals surface area contributed by atoms with Gasteiger partial charge in [-0.2, -0.15) is 0 Å². The van der Waals surface area contributed by atoms with E-state index < -0.39 is 6.10 Å². The van der Waals surface area contributed by atoms with Crippen LogP contribution >= 0.6 is 0 Å². The highest BCUT2D eigenvalue weighted by Gasteiger charge is 2.02. The van der Waals surface area contributed by atoms with Gasteiger partial charge in [0, 0.05) is 7.05 Å². The number of aliphatic hydroxyl groups is 1. The van der Waals surface area contributed by atoms with Gasteiger partial charge in [0.05, 0.1) is 12.5 Å². The Labute approximate surface area is 83.8 Å². The molecule has 0 bridgehead atoms. The lowest BCUT2D eigenvalue weighted by atomic mass is 10.1. The molecule has 14 heavy (non-hydrogen) atoms. The predicted octanol–water partition coefficient (Wildman–Crippen LogP) is 1.03. The summed E-state index contributed by atoms with van der Waals surface area (Å²) in [5, 5.41) is 11.8. The summed E-state index contributed by atoms with van der Waals surface area (Å²) in [7, 11) is 1.62. The van der Waals surface area contributed by atoms with Crippen LogP contribution in [0.1, 0.15) is 24.2 Å². The molecule has 1 amide bonds. The molecule has 76 valence electrons. The summed E-state index contributed by atoms with van der Waals surface area (Å²) < 4.78 is 0. The SMILES string of the molecule is CNC(=O)Cc1ccc(C(C)O)cc1. The summed E-state index contributed by atoms with van der Waals surface area (Å²) in [5.74, 6) is -0.00482. The molecule has 0 spiro atoms. The third-order valence-corrected chi connectivity index (χ3v) is 2.11. The van der Waals surface area contributed by atoms with Crippen LogP contribution in [0.2, 0.25) is 0 Å². The lowest BCUT2D eigenvalue weighted by molar-refractivity contribution is -0.119. The van der Waals surface area contributed by atoms with Crippen molar-refractivity contribution in [2.75, 3.05) is 7.05 Å². The van der Waals surface area contributed by atoms with E-state index in [1.807, 2.05) is 24.3 Å². The van der Waals surface area contributed by atoms with Crippen molar-refractivity contribution in [2.24, 2.45) is 0 Å². The topological polar surface area (TPSA) is 49.3 Å². The number of nitrogens with one attached hydrogen (secondary N) is 1. The summed E-state index contributed by atoms with van der Waals surface area (Å²) in [6.45, 7) is 1.72. The van der Waals surface area contributed by atoms with Crippen molar-refractivity contribution in [3.8, 4) is 0 Å². The fourth-order valence-corrected chi connectivity index (χ4v) is 1.19. The van der Waals surface area contributed by atoms with Crippen molar-refractivity contribution in [3.05, 3.63) is 35.4 Å². The molecule has 3 nitrogen and oxygen atoms in total. The van der Waals surface area contributed by atoms with E-state index in [1.54, 1.807) is 14.0 Å². The third kappa shape index (κ3) is 2.85. The van der Waals surface area contributed by atoms with E-state index in [4.69, 9.17) is 0 Å². The Morgan fingerprint density at radius 2 is 2.00 bits per heavy atom. The van der Waals surface area contributed by atoms with Crippen molar-refractivity contribution in [3.63, 3.8) is 0 Å². The van der Waals surface area contributed by atoms with Gasteiger partial charge in [0.25, 0.3) is 0 Å². The van der Waals surface area contributed by atoms with Crippen molar-refractivity contribution in [2.45, 2.75) is 19.4 Å². The molecule has 0 fully saturated rings. The van der Waals surface area contributed by atoms with Crippen molar-refractivity contribution in [1.82, 2.24) is 5.32 Å². The Kier molecular flexibility index (Phi) is 3.65. The molecule has 1 rings (SSSR count). The van der Waals surface area contributed by atoms with Crippen LogP contribution in [0.25, 0.3) is 0 Å². The van der Waals surface area contributed by atoms with E-state index in [-0.39, 0.29) is 5.91 Å². The highest BCUT2D eigenvalue weighted by atomic mass is 16.3. The molecule has 1 unspecified atom stereocenters. The van der Waals surface area contributed by atoms with Gasteiger partial charge in [-0.25, -0.2) is 0 Å². The van der Waals surface area contributed by atoms with Gasteiger partial charge in [0.15, 0.2) is 0 Å². The number of amides is 1. The molecule has 0 aliphatic heterocycles. The molecule has 0 aromatic heterocycles. The van der Waals surface area contributed by atoms with E-state index in [9.17, 15) is 9.90 Å². The number of hydrogen-bond acceptors (Lipinski definition) is 2. The first-order chi connectivity index (χ1) is 6.63. The van der Waals surface area contributed by atoms with Gasteiger partial charge in [-0.1, -0.05) is 24.3 Å². The summed E-state index contributed by atoms with van der Waals surface area (Å²) in [4.78, 5) is 11.0. The minimum Gasteiger partial charge on any atom is -0.389 e. The zero-order chi connectivity index (χ0) is 10.6. The van der Waals surface area contributed by atoms with Crippen molar-refractivity contribution in [1.29, 1.82) is 0 Å². The summed E-state index contributed by atoms with van der Waals surface area (Å²) in [5.41, 5.74) is 1.82. The van der Waals surface area contributed by atoms with Crippen LogP contribution in [-0.4, -0.2) is 18.1 Å². The van der Waals surface area contributed by atoms with E-state index in [1.165, 1.54) is 0 Å². The molecule has 1 aromatic carbocycles. The minimum absolute atomic E-state index is 0.00482. The van der Waals surface area contributed by atoms with Crippen LogP contribution in [0.4, 0.5) is 0 Å². The second-order valence-corrected chi connectivity index (χ2v) is 3.27. The maximum Gasteiger partial charge on any atom is 0.224 e. The van der Waals surface area contributed by atoms with E-state index in [2.05, 4.69) is 5.32 Å². The first-order valence-corrected chi connectivity index (χ1v) is 4.61. The fraction of sp³-hybridized carbons (Fsp3) is 0.364. The monoisotopic (exact) mass is 193 g/mol. The van der Waals surface area contributed by atoms with Gasteiger partial charge >= 0.3 is 0 Å². The average molecular weight is 193 g/mol. The first-order valence-electron chi connectivity index (χ1n) is 4.61. The number of benzene rings is 1. The van der Waals surface area contributed by atoms with Gasteiger partial charge in [0.2, 0.25) is 5.91 Å². The first kappa shape index (κ1) is 10.7. The maximum atomic E-state index is 11.0. The zero-order valence-electron chi connectivity index (χ0n) is 8.45. The summed E-state index contributed by atoms with van der Waals surface area (Å²) >= 11 is 0. The molecular formula is C11H15NO2. The smallest absolute Gasteiger partial charge is 0.224 e. The summed E-state index contributed by atoms with van der Waals surface area (Å²) in [6, 6.07) is 7.39. The fourth-order valence-electron chi connectivity index (χ4n) is 1.19. The van der Waals surface area contributed by atoms with Gasteiger partial charge in [-0.3, -0.25) is 4.79 Å². The van der Waals surface area contributed by atoms with E-state index in [0.717, 1.165) is 11.1 Å². The Bertz CT molecular complexity index is 304. The van der Waals surface area contributed by atoms with Gasteiger partial charge in [0.1, 0.15) is 0 Å². The lowest BCUT2D eigenvalue weighted by Gasteiger charge is -2.05. The average Bonchev–Trinajstić information content (AvgIpc) is 2.18. The molecule has 0 aliphatic carbocycles. The van der Waals surface area contributed by atoms with Crippen LogP contribution in [0.3, 0.4) is 0 Å². The van der Waals surface area contributed by atoms with E-state index in [0.29, 0.717) is 6.42 Å². The molecule has 2 N–H and O–H groups in total. The third-order valence-electron chi connectivity index (χ3n) is 2.11. The Balaban J connectivity index is 2.69. The molecule has 0 aliphatic rings. The molecule has 1 atom stereocenters. The van der Waals surface area contributed by atoms with E-state index >= 15 is 0 Å². The standard InChI is InChI=1S/C11H15NO2/c1-8(13)10-5-3-9(4-6-10)7-11(14)12-2/h3-6,8,13H,7H2,1-2H3,(H,12,14). The van der Waals surface area contributed by atoms with Crippen molar-refractivity contribution < 1.29 is 9.90 Å². The number of carbonyl (C=O) groups excluding carboxylic acids is 1. The van der Waals surface area contributed by atoms with Gasteiger partial charge in [-0.15, -0.1) is 0 Å². The second kappa shape index (κ2) is 4.77. The second-order valence-electron chi connectivity index (χ2n) is 3.27. The predicted molar refractivity (Wildman–Crippen MR) is 54.8 cm³/mol. The molecule has 0 saturated heterocycles. The van der Waals surface area contributed by atoms with Crippen LogP contribution < -0.4 is 5.32 Å². The van der Waals surface area contributed by atoms with Crippen LogP contribution in [0.5, 0.6) is 0 Å². The van der Waals surface area contributed by atoms with Gasteiger partial charge in [-0.05, 0) is 18.1 Å². The highest BCUT2D eigenvalue weighted by Crippen LogP contribution is 2.12. The summed E-state index contributed by atoms with van der Waals surface area (Å²) in [6.07, 6.45) is -0.0691. The molecular weight excluding hydrogens is 178 g/mol. The Morgan fingerprint density at radius 1 is 1.43 bits per heavy atom. The molecule has 0 saturated carbocycles. The number of likely N-dealkylation sites (N-methyl/N-ethyl adjacent to an activating group) is 1. The largest absolute Gasteiger partial charge is 0.389 e. The van der Waals surface area contributed by atoms with Crippen LogP contribution in [0, 0.1) is 0 Å². The minimum atomic E-state index is -0.455. The zero-order valence-corrected chi connectivity index (χ0v) is 8.45. The van der Waals surface area contributed by atoms with Crippen LogP contribution in [0.15, 0.2) is 24.3 Å². The Morgan fingerprint density at radius 3 is 2.43 bits per heavy atom. The number of rotatable bonds is 3. The van der Waals surface area contributed by atoms with Crippen LogP contribution in [-0.2, 0) is 11.2 Å². The number of carbonyl (C=O) groups is 1. The Hall–Kier alpha value is -1.35. The number of hydrogen-bond donors (Lipinski definition) is 2. The normalized spacial score (nSPS) is 12.2. The molecule has 1 aromatic rings. The highest BCUT2D eigenvalue weighted by molar-refractivity contribution is 5.78. The van der Waals surface area contributed by atoms with Crippen molar-refractivity contribution >= 4 is 5.91 Å². The number of aliphatic hydroxyl groups excluding tert-OH is 1. The molecule has 0 heterocycles. The molecule has 3 heteroatoms. The maximum absolute atomic E-state index is 11.0. The molecule has 0 radical (unpaired) electrons. The van der Waals surface area contributed by atoms with Gasteiger partial charge < -0.3 is 10.4 Å².